The van der Waals surface area contributed by atoms with E-state index in [0.717, 1.165) is 11.8 Å². The van der Waals surface area contributed by atoms with Crippen molar-refractivity contribution in [2.24, 2.45) is 0 Å². The fraction of sp³-hybridized carbons (Fsp3) is 0.111. The highest BCUT2D eigenvalue weighted by Crippen LogP contribution is 2.05. The summed E-state index contributed by atoms with van der Waals surface area (Å²) in [5, 5.41) is 9.08. The van der Waals surface area contributed by atoms with Crippen molar-refractivity contribution in [3.63, 3.8) is 0 Å². The summed E-state index contributed by atoms with van der Waals surface area (Å²) in [6.45, 7) is 1.81. The first-order valence-electron chi connectivity index (χ1n) is 3.87. The minimum Gasteiger partial charge on any atom is -0.493 e. The molecule has 0 bridgehead atoms. The Kier molecular flexibility index (Phi) is 1.55. The Labute approximate surface area is 74.1 Å². The van der Waals surface area contributed by atoms with Gasteiger partial charge in [-0.05, 0) is 19.1 Å². The molecule has 2 aromatic heterocycles. The summed E-state index contributed by atoms with van der Waals surface area (Å²) >= 11 is 0. The largest absolute Gasteiger partial charge is 0.493 e. The molecule has 0 saturated carbocycles. The van der Waals surface area contributed by atoms with Crippen LogP contribution >= 0.6 is 0 Å². The van der Waals surface area contributed by atoms with Crippen LogP contribution < -0.4 is 5.56 Å². The van der Waals surface area contributed by atoms with Gasteiger partial charge in [-0.25, -0.2) is 0 Å². The van der Waals surface area contributed by atoms with Gasteiger partial charge in [0.05, 0.1) is 6.07 Å². The second-order valence-electron chi connectivity index (χ2n) is 2.81. The van der Waals surface area contributed by atoms with Crippen molar-refractivity contribution in [1.29, 1.82) is 0 Å². The molecule has 0 unspecified atom stereocenters. The molecule has 4 heteroatoms. The van der Waals surface area contributed by atoms with E-state index in [1.54, 1.807) is 12.1 Å². The molecule has 0 aliphatic heterocycles. The highest BCUT2D eigenvalue weighted by atomic mass is 16.3. The van der Waals surface area contributed by atoms with Crippen LogP contribution in [0.4, 0.5) is 0 Å². The van der Waals surface area contributed by atoms with Gasteiger partial charge in [0.1, 0.15) is 5.65 Å². The normalized spacial score (nSPS) is 10.5. The van der Waals surface area contributed by atoms with Crippen molar-refractivity contribution in [3.05, 3.63) is 40.3 Å². The van der Waals surface area contributed by atoms with Crippen molar-refractivity contribution in [2.45, 2.75) is 6.92 Å². The minimum absolute atomic E-state index is 0.240. The first-order chi connectivity index (χ1) is 6.18. The van der Waals surface area contributed by atoms with Crippen LogP contribution in [0.25, 0.3) is 5.65 Å². The molecule has 2 aromatic rings. The zero-order valence-corrected chi connectivity index (χ0v) is 7.06. The number of pyridine rings is 1. The quantitative estimate of drug-likeness (QED) is 0.643. The number of hydrogen-bond acceptors (Lipinski definition) is 3. The predicted octanol–water partition coefficient (Wildman–Crippen LogP) is 0.709. The van der Waals surface area contributed by atoms with Crippen LogP contribution in [0.1, 0.15) is 5.69 Å². The maximum absolute atomic E-state index is 11.4. The number of aryl methyl sites for hydroxylation is 1. The van der Waals surface area contributed by atoms with E-state index in [4.69, 9.17) is 5.11 Å². The van der Waals surface area contributed by atoms with Gasteiger partial charge >= 0.3 is 0 Å². The summed E-state index contributed by atoms with van der Waals surface area (Å²) in [6, 6.07) is 6.37. The summed E-state index contributed by atoms with van der Waals surface area (Å²) in [6.07, 6.45) is 0. The molecule has 0 aliphatic rings. The number of nitrogens with zero attached hydrogens (tertiary/aromatic N) is 2. The topological polar surface area (TPSA) is 54.6 Å². The van der Waals surface area contributed by atoms with Crippen molar-refractivity contribution >= 4 is 5.65 Å². The maximum atomic E-state index is 11.4. The predicted molar refractivity (Wildman–Crippen MR) is 47.9 cm³/mol. The van der Waals surface area contributed by atoms with Crippen LogP contribution in [-0.4, -0.2) is 14.5 Å². The van der Waals surface area contributed by atoms with Gasteiger partial charge in [0.25, 0.3) is 5.56 Å². The van der Waals surface area contributed by atoms with Crippen LogP contribution in [0.3, 0.4) is 0 Å². The van der Waals surface area contributed by atoms with Crippen molar-refractivity contribution in [1.82, 2.24) is 9.38 Å². The fourth-order valence-electron chi connectivity index (χ4n) is 1.30. The summed E-state index contributed by atoms with van der Waals surface area (Å²) in [4.78, 5) is 15.2. The maximum Gasteiger partial charge on any atom is 0.261 e. The Bertz CT molecular complexity index is 516. The molecule has 66 valence electrons. The summed E-state index contributed by atoms with van der Waals surface area (Å²) in [5.74, 6) is -0.240. The van der Waals surface area contributed by atoms with Gasteiger partial charge in [0.2, 0.25) is 5.88 Å². The third-order valence-electron chi connectivity index (χ3n) is 1.87. The molecular weight excluding hydrogens is 168 g/mol. The van der Waals surface area contributed by atoms with Gasteiger partial charge in [0.15, 0.2) is 0 Å². The van der Waals surface area contributed by atoms with Gasteiger partial charge in [0, 0.05) is 5.69 Å². The smallest absolute Gasteiger partial charge is 0.261 e. The zero-order chi connectivity index (χ0) is 9.42. The van der Waals surface area contributed by atoms with E-state index < -0.39 is 0 Å². The molecule has 2 heterocycles. The van der Waals surface area contributed by atoms with Gasteiger partial charge in [-0.1, -0.05) is 6.07 Å². The number of hydrogen-bond donors (Lipinski definition) is 1. The molecule has 13 heavy (non-hydrogen) atoms. The lowest BCUT2D eigenvalue weighted by atomic mass is 10.3. The van der Waals surface area contributed by atoms with Gasteiger partial charge in [-0.15, -0.1) is 0 Å². The van der Waals surface area contributed by atoms with E-state index in [2.05, 4.69) is 4.98 Å². The van der Waals surface area contributed by atoms with Crippen LogP contribution in [0, 0.1) is 6.92 Å². The minimum atomic E-state index is -0.263. The van der Waals surface area contributed by atoms with Crippen molar-refractivity contribution in [2.75, 3.05) is 0 Å². The lowest BCUT2D eigenvalue weighted by Gasteiger charge is -2.02. The summed E-state index contributed by atoms with van der Waals surface area (Å²) < 4.78 is 1.44. The van der Waals surface area contributed by atoms with Crippen molar-refractivity contribution in [3.8, 4) is 5.88 Å². The van der Waals surface area contributed by atoms with E-state index in [-0.39, 0.29) is 11.4 Å². The van der Waals surface area contributed by atoms with Crippen LogP contribution in [0.5, 0.6) is 5.88 Å². The summed E-state index contributed by atoms with van der Waals surface area (Å²) in [7, 11) is 0. The third-order valence-corrected chi connectivity index (χ3v) is 1.87. The Morgan fingerprint density at radius 2 is 2.23 bits per heavy atom. The molecule has 0 saturated heterocycles. The second-order valence-corrected chi connectivity index (χ2v) is 2.81. The lowest BCUT2D eigenvalue weighted by Crippen LogP contribution is -2.15. The van der Waals surface area contributed by atoms with Gasteiger partial charge in [-0.3, -0.25) is 9.20 Å². The zero-order valence-electron chi connectivity index (χ0n) is 7.06. The standard InChI is InChI=1S/C9H8N2O2/c1-6-3-2-4-7-10-8(12)5-9(13)11(6)7/h2-5,12H,1H3. The monoisotopic (exact) mass is 176 g/mol. The molecule has 1 N–H and O–H groups in total. The molecule has 4 nitrogen and oxygen atoms in total. The molecule has 0 amide bonds. The molecule has 0 aromatic carbocycles. The summed E-state index contributed by atoms with van der Waals surface area (Å²) in [5.41, 5.74) is 1.00. The Morgan fingerprint density at radius 3 is 3.00 bits per heavy atom. The first-order valence-corrected chi connectivity index (χ1v) is 3.87. The van der Waals surface area contributed by atoms with E-state index in [1.165, 1.54) is 4.40 Å². The first kappa shape index (κ1) is 7.79. The Morgan fingerprint density at radius 1 is 1.46 bits per heavy atom. The molecule has 2 rings (SSSR count). The van der Waals surface area contributed by atoms with E-state index in [9.17, 15) is 4.79 Å². The Hall–Kier alpha value is -1.84. The van der Waals surface area contributed by atoms with E-state index >= 15 is 0 Å². The highest BCUT2D eigenvalue weighted by molar-refractivity contribution is 5.41. The van der Waals surface area contributed by atoms with Gasteiger partial charge in [-0.2, -0.15) is 4.98 Å². The molecule has 0 aliphatic carbocycles. The van der Waals surface area contributed by atoms with E-state index in [0.29, 0.717) is 5.65 Å². The van der Waals surface area contributed by atoms with Crippen LogP contribution in [0.2, 0.25) is 0 Å². The number of aromatic nitrogens is 2. The second kappa shape index (κ2) is 2.58. The number of fused-ring (bicyclic) bond motifs is 1. The van der Waals surface area contributed by atoms with E-state index in [1.807, 2.05) is 13.0 Å². The highest BCUT2D eigenvalue weighted by Gasteiger charge is 2.01. The number of rotatable bonds is 0. The van der Waals surface area contributed by atoms with Crippen LogP contribution in [0.15, 0.2) is 29.1 Å². The molecule has 0 spiro atoms. The average Bonchev–Trinajstić information content (AvgIpc) is 2.02. The SMILES string of the molecule is Cc1cccc2nc(O)cc(=O)n12. The lowest BCUT2D eigenvalue weighted by molar-refractivity contribution is 0.452. The molecule has 0 radical (unpaired) electrons. The fourth-order valence-corrected chi connectivity index (χ4v) is 1.30. The molecule has 0 fully saturated rings. The molecule has 0 atom stereocenters. The van der Waals surface area contributed by atoms with Crippen LogP contribution in [-0.2, 0) is 0 Å². The Balaban J connectivity index is 3.03. The van der Waals surface area contributed by atoms with Crippen molar-refractivity contribution < 1.29 is 5.11 Å². The van der Waals surface area contributed by atoms with Gasteiger partial charge < -0.3 is 5.11 Å². The third kappa shape index (κ3) is 1.16. The average molecular weight is 176 g/mol. The number of aromatic hydroxyl groups is 1. The molecular formula is C9H8N2O2.